The molecule has 1 N–H and O–H groups in total. The number of ether oxygens (including phenoxy) is 2. The maximum absolute atomic E-state index is 13.7. The van der Waals surface area contributed by atoms with Gasteiger partial charge < -0.3 is 14.8 Å². The van der Waals surface area contributed by atoms with E-state index in [0.717, 1.165) is 16.9 Å². The number of hydrogen-bond acceptors (Lipinski definition) is 5. The van der Waals surface area contributed by atoms with E-state index < -0.39 is 11.8 Å². The normalized spacial score (nSPS) is 13.5. The van der Waals surface area contributed by atoms with Crippen LogP contribution in [-0.2, 0) is 9.59 Å². The van der Waals surface area contributed by atoms with Crippen molar-refractivity contribution in [1.82, 2.24) is 0 Å². The molecule has 3 aromatic rings. The van der Waals surface area contributed by atoms with Crippen molar-refractivity contribution in [3.63, 3.8) is 0 Å². The van der Waals surface area contributed by atoms with E-state index in [-0.39, 0.29) is 11.3 Å². The van der Waals surface area contributed by atoms with Crippen molar-refractivity contribution in [3.8, 4) is 11.5 Å². The summed E-state index contributed by atoms with van der Waals surface area (Å²) in [5.74, 6) is 0.428. The SMILES string of the molecule is CCOc1ccc(NC2=C(c3ccccc3OC)C(=O)N(c3cc(C)cc(C)c3)C2=O)cc1. The van der Waals surface area contributed by atoms with Crippen molar-refractivity contribution in [1.29, 1.82) is 0 Å². The summed E-state index contributed by atoms with van der Waals surface area (Å²) in [6, 6.07) is 20.1. The van der Waals surface area contributed by atoms with E-state index in [2.05, 4.69) is 5.32 Å². The Morgan fingerprint density at radius 1 is 0.879 bits per heavy atom. The van der Waals surface area contributed by atoms with E-state index in [1.54, 1.807) is 19.2 Å². The highest BCUT2D eigenvalue weighted by Gasteiger charge is 2.41. The molecule has 1 aliphatic rings. The van der Waals surface area contributed by atoms with Gasteiger partial charge in [0.15, 0.2) is 0 Å². The van der Waals surface area contributed by atoms with Crippen LogP contribution >= 0.6 is 0 Å². The summed E-state index contributed by atoms with van der Waals surface area (Å²) in [7, 11) is 1.54. The smallest absolute Gasteiger partial charge is 0.282 e. The number of rotatable bonds is 7. The van der Waals surface area contributed by atoms with Gasteiger partial charge in [-0.25, -0.2) is 4.90 Å². The third-order valence-corrected chi connectivity index (χ3v) is 5.36. The zero-order valence-electron chi connectivity index (χ0n) is 19.1. The first kappa shape index (κ1) is 22.1. The average molecular weight is 443 g/mol. The lowest BCUT2D eigenvalue weighted by Crippen LogP contribution is -2.32. The lowest BCUT2D eigenvalue weighted by molar-refractivity contribution is -0.120. The lowest BCUT2D eigenvalue weighted by Gasteiger charge is -2.17. The van der Waals surface area contributed by atoms with Gasteiger partial charge in [0.25, 0.3) is 11.8 Å². The Morgan fingerprint density at radius 2 is 1.55 bits per heavy atom. The van der Waals surface area contributed by atoms with Crippen molar-refractivity contribution in [2.75, 3.05) is 23.9 Å². The topological polar surface area (TPSA) is 67.9 Å². The van der Waals surface area contributed by atoms with Crippen molar-refractivity contribution < 1.29 is 19.1 Å². The second-order valence-corrected chi connectivity index (χ2v) is 7.82. The molecule has 4 rings (SSSR count). The van der Waals surface area contributed by atoms with E-state index in [1.165, 1.54) is 4.90 Å². The van der Waals surface area contributed by atoms with Crippen LogP contribution in [0.25, 0.3) is 5.57 Å². The fraction of sp³-hybridized carbons (Fsp3) is 0.185. The summed E-state index contributed by atoms with van der Waals surface area (Å²) < 4.78 is 11.0. The Hall–Kier alpha value is -4.06. The molecule has 0 bridgehead atoms. The van der Waals surface area contributed by atoms with Gasteiger partial charge in [-0.15, -0.1) is 0 Å². The van der Waals surface area contributed by atoms with Gasteiger partial charge >= 0.3 is 0 Å². The molecule has 0 atom stereocenters. The minimum atomic E-state index is -0.417. The summed E-state index contributed by atoms with van der Waals surface area (Å²) in [4.78, 5) is 28.5. The fourth-order valence-electron chi connectivity index (χ4n) is 4.01. The lowest BCUT2D eigenvalue weighted by atomic mass is 10.0. The number of anilines is 2. The molecule has 0 saturated carbocycles. The van der Waals surface area contributed by atoms with E-state index in [9.17, 15) is 9.59 Å². The van der Waals surface area contributed by atoms with Crippen molar-refractivity contribution >= 4 is 28.8 Å². The van der Waals surface area contributed by atoms with Crippen LogP contribution in [0.15, 0.2) is 72.4 Å². The minimum Gasteiger partial charge on any atom is -0.496 e. The van der Waals surface area contributed by atoms with E-state index in [1.807, 2.05) is 75.4 Å². The molecule has 0 saturated heterocycles. The van der Waals surface area contributed by atoms with Crippen LogP contribution in [0.5, 0.6) is 11.5 Å². The zero-order chi connectivity index (χ0) is 23.5. The number of imide groups is 1. The summed E-state index contributed by atoms with van der Waals surface area (Å²) in [5.41, 5.74) is 4.18. The van der Waals surface area contributed by atoms with Crippen LogP contribution in [0.2, 0.25) is 0 Å². The molecule has 6 nitrogen and oxygen atoms in total. The Bertz CT molecular complexity index is 1220. The van der Waals surface area contributed by atoms with Crippen molar-refractivity contribution in [2.24, 2.45) is 0 Å². The molecular formula is C27H26N2O4. The fourth-order valence-corrected chi connectivity index (χ4v) is 4.01. The quantitative estimate of drug-likeness (QED) is 0.515. The number of carbonyl (C=O) groups is 2. The zero-order valence-corrected chi connectivity index (χ0v) is 19.1. The number of para-hydroxylation sites is 1. The first-order chi connectivity index (χ1) is 15.9. The van der Waals surface area contributed by atoms with Crippen LogP contribution in [0.4, 0.5) is 11.4 Å². The van der Waals surface area contributed by atoms with Crippen LogP contribution in [0.3, 0.4) is 0 Å². The standard InChI is InChI=1S/C27H26N2O4/c1-5-33-21-12-10-19(11-13-21)28-25-24(22-8-6-7-9-23(22)32-4)26(30)29(27(25)31)20-15-17(2)14-18(3)16-20/h6-16,28H,5H2,1-4H3. The molecular weight excluding hydrogens is 416 g/mol. The summed E-state index contributed by atoms with van der Waals surface area (Å²) in [5, 5.41) is 3.18. The number of nitrogens with one attached hydrogen (secondary N) is 1. The Morgan fingerprint density at radius 3 is 2.18 bits per heavy atom. The monoisotopic (exact) mass is 442 g/mol. The molecule has 0 fully saturated rings. The molecule has 0 aliphatic carbocycles. The minimum absolute atomic E-state index is 0.202. The van der Waals surface area contributed by atoms with Gasteiger partial charge in [-0.1, -0.05) is 24.3 Å². The Balaban J connectivity index is 1.82. The van der Waals surface area contributed by atoms with Crippen LogP contribution in [0.1, 0.15) is 23.6 Å². The Kier molecular flexibility index (Phi) is 6.18. The van der Waals surface area contributed by atoms with Crippen molar-refractivity contribution in [2.45, 2.75) is 20.8 Å². The molecule has 2 amide bonds. The van der Waals surface area contributed by atoms with E-state index in [4.69, 9.17) is 9.47 Å². The average Bonchev–Trinajstić information content (AvgIpc) is 3.03. The van der Waals surface area contributed by atoms with Crippen molar-refractivity contribution in [3.05, 3.63) is 89.1 Å². The molecule has 168 valence electrons. The number of hydrogen-bond donors (Lipinski definition) is 1. The molecule has 0 spiro atoms. The molecule has 0 aromatic heterocycles. The van der Waals surface area contributed by atoms with E-state index in [0.29, 0.717) is 29.3 Å². The number of amides is 2. The summed E-state index contributed by atoms with van der Waals surface area (Å²) in [6.07, 6.45) is 0. The first-order valence-corrected chi connectivity index (χ1v) is 10.8. The van der Waals surface area contributed by atoms with Crippen LogP contribution in [-0.4, -0.2) is 25.5 Å². The molecule has 33 heavy (non-hydrogen) atoms. The third kappa shape index (κ3) is 4.32. The molecule has 6 heteroatoms. The van der Waals surface area contributed by atoms with E-state index >= 15 is 0 Å². The van der Waals surface area contributed by atoms with Gasteiger partial charge in [0, 0.05) is 11.3 Å². The first-order valence-electron chi connectivity index (χ1n) is 10.8. The largest absolute Gasteiger partial charge is 0.496 e. The molecule has 1 heterocycles. The highest BCUT2D eigenvalue weighted by Crippen LogP contribution is 2.37. The van der Waals surface area contributed by atoms with Crippen LogP contribution < -0.4 is 19.7 Å². The Labute approximate surface area is 193 Å². The van der Waals surface area contributed by atoms with Crippen LogP contribution in [0, 0.1) is 13.8 Å². The van der Waals surface area contributed by atoms with Gasteiger partial charge in [0.2, 0.25) is 0 Å². The maximum atomic E-state index is 13.7. The molecule has 0 radical (unpaired) electrons. The molecule has 3 aromatic carbocycles. The highest BCUT2D eigenvalue weighted by molar-refractivity contribution is 6.46. The predicted octanol–water partition coefficient (Wildman–Crippen LogP) is 5.11. The second-order valence-electron chi connectivity index (χ2n) is 7.82. The summed E-state index contributed by atoms with van der Waals surface area (Å²) >= 11 is 0. The number of methoxy groups -OCH3 is 1. The van der Waals surface area contributed by atoms with Gasteiger partial charge in [0.05, 0.1) is 25.0 Å². The molecule has 0 unspecified atom stereocenters. The number of aryl methyl sites for hydroxylation is 2. The second kappa shape index (κ2) is 9.20. The van der Waals surface area contributed by atoms with Gasteiger partial charge in [-0.05, 0) is 74.4 Å². The number of nitrogens with zero attached hydrogens (tertiary/aromatic N) is 1. The summed E-state index contributed by atoms with van der Waals surface area (Å²) in [6.45, 7) is 6.36. The molecule has 1 aliphatic heterocycles. The predicted molar refractivity (Wildman–Crippen MR) is 130 cm³/mol. The number of benzene rings is 3. The van der Waals surface area contributed by atoms with Gasteiger partial charge in [-0.3, -0.25) is 9.59 Å². The number of carbonyl (C=O) groups excluding carboxylic acids is 2. The van der Waals surface area contributed by atoms with Gasteiger partial charge in [-0.2, -0.15) is 0 Å². The third-order valence-electron chi connectivity index (χ3n) is 5.36. The maximum Gasteiger partial charge on any atom is 0.282 e. The highest BCUT2D eigenvalue weighted by atomic mass is 16.5. The van der Waals surface area contributed by atoms with Gasteiger partial charge in [0.1, 0.15) is 17.2 Å².